The zero-order valence-corrected chi connectivity index (χ0v) is 10.8. The molecule has 0 spiro atoms. The van der Waals surface area contributed by atoms with E-state index in [9.17, 15) is 23.1 Å². The second-order valence-corrected chi connectivity index (χ2v) is 5.73. The summed E-state index contributed by atoms with van der Waals surface area (Å²) in [6.45, 7) is -0.989. The van der Waals surface area contributed by atoms with Gasteiger partial charge in [0.25, 0.3) is 0 Å². The van der Waals surface area contributed by atoms with Crippen LogP contribution in [0.2, 0.25) is 0 Å². The Kier molecular flexibility index (Phi) is 3.79. The lowest BCUT2D eigenvalue weighted by molar-refractivity contribution is -0.148. The molecule has 110 valence electrons. The zero-order chi connectivity index (χ0) is 14.3. The van der Waals surface area contributed by atoms with E-state index in [0.717, 1.165) is 12.8 Å². The quantitative estimate of drug-likeness (QED) is 0.803. The van der Waals surface area contributed by atoms with E-state index in [2.05, 4.69) is 5.32 Å². The maximum absolute atomic E-state index is 12.4. The number of nitrogens with one attached hydrogen (secondary N) is 1. The molecule has 19 heavy (non-hydrogen) atoms. The molecule has 0 aromatic carbocycles. The van der Waals surface area contributed by atoms with E-state index < -0.39 is 24.2 Å². The third-order valence-electron chi connectivity index (χ3n) is 4.01. The molecule has 2 fully saturated rings. The molecule has 2 aliphatic rings. The van der Waals surface area contributed by atoms with Gasteiger partial charge >= 0.3 is 12.1 Å². The highest BCUT2D eigenvalue weighted by Gasteiger charge is 2.49. The van der Waals surface area contributed by atoms with Gasteiger partial charge in [-0.25, -0.2) is 0 Å². The van der Waals surface area contributed by atoms with Crippen molar-refractivity contribution in [3.8, 4) is 0 Å². The Morgan fingerprint density at radius 2 is 2.05 bits per heavy atom. The summed E-state index contributed by atoms with van der Waals surface area (Å²) >= 11 is 0. The first-order valence-corrected chi connectivity index (χ1v) is 6.50. The highest BCUT2D eigenvalue weighted by Crippen LogP contribution is 2.37. The van der Waals surface area contributed by atoms with Crippen LogP contribution in [0, 0.1) is 0 Å². The number of aliphatic carboxylic acids is 1. The lowest BCUT2D eigenvalue weighted by atomic mass is 9.97. The van der Waals surface area contributed by atoms with E-state index in [0.29, 0.717) is 12.8 Å². The smallest absolute Gasteiger partial charge is 0.401 e. The number of nitrogens with zero attached hydrogens (tertiary/aromatic N) is 1. The number of carboxylic acid groups (broad SMARTS) is 1. The monoisotopic (exact) mass is 280 g/mol. The summed E-state index contributed by atoms with van der Waals surface area (Å²) in [5.74, 6) is -0.942. The van der Waals surface area contributed by atoms with Gasteiger partial charge in [-0.1, -0.05) is 0 Å². The molecule has 2 saturated carbocycles. The van der Waals surface area contributed by atoms with Crippen molar-refractivity contribution in [3.63, 3.8) is 0 Å². The summed E-state index contributed by atoms with van der Waals surface area (Å²) in [5.41, 5.74) is -1.04. The minimum Gasteiger partial charge on any atom is -0.480 e. The fourth-order valence-electron chi connectivity index (χ4n) is 2.81. The first-order valence-electron chi connectivity index (χ1n) is 6.50. The lowest BCUT2D eigenvalue weighted by Gasteiger charge is -2.29. The highest BCUT2D eigenvalue weighted by atomic mass is 19.4. The van der Waals surface area contributed by atoms with Crippen molar-refractivity contribution in [3.05, 3.63) is 0 Å². The van der Waals surface area contributed by atoms with Crippen LogP contribution in [-0.2, 0) is 4.79 Å². The summed E-state index contributed by atoms with van der Waals surface area (Å²) < 4.78 is 37.1. The number of carbonyl (C=O) groups is 1. The molecule has 0 saturated heterocycles. The number of hydrogen-bond acceptors (Lipinski definition) is 3. The average molecular weight is 280 g/mol. The molecular weight excluding hydrogens is 261 g/mol. The lowest BCUT2D eigenvalue weighted by Crippen LogP contribution is -2.52. The van der Waals surface area contributed by atoms with Crippen LogP contribution in [0.15, 0.2) is 0 Å². The molecule has 0 aliphatic heterocycles. The Bertz CT molecular complexity index is 357. The van der Waals surface area contributed by atoms with Gasteiger partial charge in [0.1, 0.15) is 5.54 Å². The van der Waals surface area contributed by atoms with Gasteiger partial charge in [-0.2, -0.15) is 13.2 Å². The first-order chi connectivity index (χ1) is 8.72. The Morgan fingerprint density at radius 3 is 2.53 bits per heavy atom. The Morgan fingerprint density at radius 1 is 1.42 bits per heavy atom. The topological polar surface area (TPSA) is 52.6 Å². The van der Waals surface area contributed by atoms with Crippen LogP contribution in [-0.4, -0.2) is 53.4 Å². The standard InChI is InChI=1S/C12H19F3N2O2/c1-17(7-12(13,14)15)9-4-5-11(6-9,10(18)19)16-8-2-3-8/h8-9,16H,2-7H2,1H3,(H,18,19). The number of rotatable bonds is 5. The molecule has 4 nitrogen and oxygen atoms in total. The number of halogens is 3. The van der Waals surface area contributed by atoms with Gasteiger partial charge in [-0.15, -0.1) is 0 Å². The van der Waals surface area contributed by atoms with Crippen molar-refractivity contribution in [2.75, 3.05) is 13.6 Å². The molecule has 2 rings (SSSR count). The van der Waals surface area contributed by atoms with E-state index in [1.54, 1.807) is 0 Å². The van der Waals surface area contributed by atoms with Crippen LogP contribution < -0.4 is 5.32 Å². The molecule has 0 heterocycles. The minimum atomic E-state index is -4.24. The predicted molar refractivity (Wildman–Crippen MR) is 62.8 cm³/mol. The second-order valence-electron chi connectivity index (χ2n) is 5.73. The van der Waals surface area contributed by atoms with Gasteiger partial charge < -0.3 is 5.11 Å². The van der Waals surface area contributed by atoms with Crippen molar-refractivity contribution in [1.29, 1.82) is 0 Å². The molecule has 2 N–H and O–H groups in total. The highest BCUT2D eigenvalue weighted by molar-refractivity contribution is 5.79. The van der Waals surface area contributed by atoms with Gasteiger partial charge in [0, 0.05) is 12.1 Å². The number of hydrogen-bond donors (Lipinski definition) is 2. The van der Waals surface area contributed by atoms with Gasteiger partial charge in [0.2, 0.25) is 0 Å². The number of alkyl halides is 3. The predicted octanol–water partition coefficient (Wildman–Crippen LogP) is 1.61. The second kappa shape index (κ2) is 4.94. The number of carboxylic acids is 1. The van der Waals surface area contributed by atoms with Gasteiger partial charge in [-0.05, 0) is 39.2 Å². The summed E-state index contributed by atoms with van der Waals surface area (Å²) in [4.78, 5) is 12.7. The molecule has 2 atom stereocenters. The van der Waals surface area contributed by atoms with Crippen molar-refractivity contribution in [2.45, 2.75) is 55.9 Å². The van der Waals surface area contributed by atoms with Crippen molar-refractivity contribution < 1.29 is 23.1 Å². The fraction of sp³-hybridized carbons (Fsp3) is 0.917. The van der Waals surface area contributed by atoms with E-state index in [-0.39, 0.29) is 18.5 Å². The van der Waals surface area contributed by atoms with Crippen LogP contribution in [0.25, 0.3) is 0 Å². The Labute approximate surface area is 110 Å². The molecule has 0 amide bonds. The fourth-order valence-corrected chi connectivity index (χ4v) is 2.81. The normalized spacial score (nSPS) is 31.9. The van der Waals surface area contributed by atoms with E-state index in [1.165, 1.54) is 11.9 Å². The largest absolute Gasteiger partial charge is 0.480 e. The third-order valence-corrected chi connectivity index (χ3v) is 4.01. The van der Waals surface area contributed by atoms with Gasteiger partial charge in [0.05, 0.1) is 6.54 Å². The first kappa shape index (κ1) is 14.6. The molecule has 0 aromatic heterocycles. The van der Waals surface area contributed by atoms with Crippen LogP contribution >= 0.6 is 0 Å². The molecular formula is C12H19F3N2O2. The van der Waals surface area contributed by atoms with E-state index in [1.807, 2.05) is 0 Å². The maximum Gasteiger partial charge on any atom is 0.401 e. The van der Waals surface area contributed by atoms with Crippen LogP contribution in [0.4, 0.5) is 13.2 Å². The Hall–Kier alpha value is -0.820. The van der Waals surface area contributed by atoms with Crippen LogP contribution in [0.1, 0.15) is 32.1 Å². The molecule has 0 bridgehead atoms. The minimum absolute atomic E-state index is 0.225. The molecule has 2 unspecified atom stereocenters. The summed E-state index contributed by atoms with van der Waals surface area (Å²) in [6.07, 6.45) is -1.21. The van der Waals surface area contributed by atoms with Crippen molar-refractivity contribution in [2.24, 2.45) is 0 Å². The molecule has 7 heteroatoms. The molecule has 0 radical (unpaired) electrons. The summed E-state index contributed by atoms with van der Waals surface area (Å²) in [5, 5.41) is 12.5. The summed E-state index contributed by atoms with van der Waals surface area (Å²) in [6, 6.07) is -0.105. The van der Waals surface area contributed by atoms with Crippen LogP contribution in [0.3, 0.4) is 0 Å². The van der Waals surface area contributed by atoms with Crippen molar-refractivity contribution >= 4 is 5.97 Å². The average Bonchev–Trinajstić information content (AvgIpc) is 2.92. The third kappa shape index (κ3) is 3.60. The zero-order valence-electron chi connectivity index (χ0n) is 10.8. The molecule has 2 aliphatic carbocycles. The maximum atomic E-state index is 12.4. The molecule has 0 aromatic rings. The van der Waals surface area contributed by atoms with Gasteiger partial charge in [-0.3, -0.25) is 15.0 Å². The van der Waals surface area contributed by atoms with Crippen molar-refractivity contribution in [1.82, 2.24) is 10.2 Å². The summed E-state index contributed by atoms with van der Waals surface area (Å²) in [7, 11) is 1.41. The SMILES string of the molecule is CN(CC(F)(F)F)C1CCC(NC2CC2)(C(=O)O)C1. The Balaban J connectivity index is 1.97. The van der Waals surface area contributed by atoms with E-state index >= 15 is 0 Å². The van der Waals surface area contributed by atoms with Crippen LogP contribution in [0.5, 0.6) is 0 Å². The van der Waals surface area contributed by atoms with Gasteiger partial charge in [0.15, 0.2) is 0 Å². The van der Waals surface area contributed by atoms with E-state index in [4.69, 9.17) is 0 Å².